The number of nitrogens with one attached hydrogen (secondary N) is 2. The fourth-order valence-electron chi connectivity index (χ4n) is 3.57. The Morgan fingerprint density at radius 2 is 1.70 bits per heavy atom. The maximum atomic E-state index is 13.0. The number of hydrogen-bond acceptors (Lipinski definition) is 5. The Labute approximate surface area is 190 Å². The second-order valence-electron chi connectivity index (χ2n) is 7.54. The van der Waals surface area contributed by atoms with Crippen molar-refractivity contribution in [3.05, 3.63) is 77.3 Å². The van der Waals surface area contributed by atoms with Crippen LogP contribution in [0.3, 0.4) is 0 Å². The van der Waals surface area contributed by atoms with E-state index in [1.54, 1.807) is 30.1 Å². The van der Waals surface area contributed by atoms with Crippen molar-refractivity contribution < 1.29 is 9.59 Å². The Morgan fingerprint density at radius 3 is 2.45 bits per heavy atom. The Balaban J connectivity index is 1.51. The summed E-state index contributed by atoms with van der Waals surface area (Å²) >= 11 is 0. The fraction of sp³-hybridized carbons (Fsp3) is 0.208. The van der Waals surface area contributed by atoms with Crippen LogP contribution in [0.15, 0.2) is 71.8 Å². The molecule has 0 spiro atoms. The number of benzene rings is 2. The molecular weight excluding hydrogens is 420 g/mol. The maximum Gasteiger partial charge on any atom is 0.275 e. The van der Waals surface area contributed by atoms with Gasteiger partial charge >= 0.3 is 0 Å². The molecule has 0 aliphatic heterocycles. The third-order valence-electron chi connectivity index (χ3n) is 5.20. The lowest BCUT2D eigenvalue weighted by Crippen LogP contribution is -2.30. The van der Waals surface area contributed by atoms with Crippen LogP contribution in [0.1, 0.15) is 12.8 Å². The number of anilines is 1. The van der Waals surface area contributed by atoms with E-state index in [9.17, 15) is 14.4 Å². The quantitative estimate of drug-likeness (QED) is 0.434. The van der Waals surface area contributed by atoms with Crippen LogP contribution in [-0.2, 0) is 22.7 Å². The first-order valence-corrected chi connectivity index (χ1v) is 10.6. The monoisotopic (exact) mass is 444 g/mol. The first kappa shape index (κ1) is 21.9. The van der Waals surface area contributed by atoms with E-state index < -0.39 is 0 Å². The third kappa shape index (κ3) is 5.15. The topological polar surface area (TPSA) is 111 Å². The molecule has 0 saturated heterocycles. The van der Waals surface area contributed by atoms with Gasteiger partial charge in [0.2, 0.25) is 11.8 Å². The third-order valence-corrected chi connectivity index (χ3v) is 5.20. The minimum atomic E-state index is -0.385. The highest BCUT2D eigenvalue weighted by molar-refractivity contribution is 5.94. The zero-order valence-electron chi connectivity index (χ0n) is 18.2. The zero-order chi connectivity index (χ0) is 23.2. The van der Waals surface area contributed by atoms with Crippen molar-refractivity contribution in [1.29, 1.82) is 0 Å². The van der Waals surface area contributed by atoms with Crippen LogP contribution in [0.2, 0.25) is 0 Å². The highest BCUT2D eigenvalue weighted by atomic mass is 16.2. The molecule has 0 atom stereocenters. The number of rotatable bonds is 8. The van der Waals surface area contributed by atoms with Crippen LogP contribution >= 0.6 is 0 Å². The first-order chi connectivity index (χ1) is 16.0. The van der Waals surface area contributed by atoms with Gasteiger partial charge in [0, 0.05) is 37.2 Å². The van der Waals surface area contributed by atoms with Crippen molar-refractivity contribution in [3.63, 3.8) is 0 Å². The molecule has 0 saturated carbocycles. The maximum absolute atomic E-state index is 13.0. The summed E-state index contributed by atoms with van der Waals surface area (Å²) in [6, 6.07) is 16.8. The highest BCUT2D eigenvalue weighted by Gasteiger charge is 2.14. The number of amides is 2. The number of carbonyl (C=O) groups is 2. The van der Waals surface area contributed by atoms with Gasteiger partial charge in [-0.3, -0.25) is 19.1 Å². The Morgan fingerprint density at radius 1 is 0.970 bits per heavy atom. The molecule has 2 N–H and O–H groups in total. The van der Waals surface area contributed by atoms with Crippen molar-refractivity contribution in [3.8, 4) is 11.3 Å². The number of carbonyl (C=O) groups excluding carboxylic acids is 2. The standard InChI is InChI=1S/C24H24N6O3/c1-25-21(31)12-7-13-29-15-18(14-26-29)27-22(32)16-30-24(33)20-11-6-5-10-19(20)23(28-30)17-8-3-2-4-9-17/h2-6,8-11,14-15H,7,12-13,16H2,1H3,(H,25,31)(H,27,32). The van der Waals surface area contributed by atoms with E-state index >= 15 is 0 Å². The summed E-state index contributed by atoms with van der Waals surface area (Å²) in [6.45, 7) is 0.320. The zero-order valence-corrected chi connectivity index (χ0v) is 18.2. The molecule has 0 radical (unpaired) electrons. The van der Waals surface area contributed by atoms with Gasteiger partial charge in [-0.25, -0.2) is 4.68 Å². The number of hydrogen-bond donors (Lipinski definition) is 2. The smallest absolute Gasteiger partial charge is 0.275 e. The number of fused-ring (bicyclic) bond motifs is 1. The average molecular weight is 444 g/mol. The predicted octanol–water partition coefficient (Wildman–Crippen LogP) is 2.42. The Bertz CT molecular complexity index is 1340. The van der Waals surface area contributed by atoms with E-state index in [1.165, 1.54) is 10.9 Å². The molecule has 9 heteroatoms. The number of aromatic nitrogens is 4. The van der Waals surface area contributed by atoms with Crippen molar-refractivity contribution in [2.45, 2.75) is 25.9 Å². The van der Waals surface area contributed by atoms with Gasteiger partial charge in [-0.2, -0.15) is 10.2 Å². The molecular formula is C24H24N6O3. The van der Waals surface area contributed by atoms with Gasteiger partial charge in [0.05, 0.1) is 23.0 Å². The summed E-state index contributed by atoms with van der Waals surface area (Å²) in [7, 11) is 1.60. The molecule has 168 valence electrons. The van der Waals surface area contributed by atoms with E-state index in [-0.39, 0.29) is 23.9 Å². The molecule has 0 aliphatic carbocycles. The van der Waals surface area contributed by atoms with Crippen molar-refractivity contribution in [1.82, 2.24) is 24.9 Å². The molecule has 0 bridgehead atoms. The van der Waals surface area contributed by atoms with Crippen LogP contribution < -0.4 is 16.2 Å². The Kier molecular flexibility index (Phi) is 6.58. The lowest BCUT2D eigenvalue weighted by Gasteiger charge is -2.11. The minimum Gasteiger partial charge on any atom is -0.359 e. The molecule has 9 nitrogen and oxygen atoms in total. The average Bonchev–Trinajstić information content (AvgIpc) is 3.28. The molecule has 4 aromatic rings. The minimum absolute atomic E-state index is 0.0288. The lowest BCUT2D eigenvalue weighted by atomic mass is 10.1. The van der Waals surface area contributed by atoms with E-state index in [2.05, 4.69) is 20.8 Å². The summed E-state index contributed by atoms with van der Waals surface area (Å²) in [6.07, 6.45) is 4.25. The van der Waals surface area contributed by atoms with Crippen LogP contribution in [0, 0.1) is 0 Å². The molecule has 0 fully saturated rings. The van der Waals surface area contributed by atoms with E-state index in [4.69, 9.17) is 0 Å². The van der Waals surface area contributed by atoms with Crippen molar-refractivity contribution in [2.75, 3.05) is 12.4 Å². The fourth-order valence-corrected chi connectivity index (χ4v) is 3.57. The molecule has 0 aliphatic rings. The van der Waals surface area contributed by atoms with Gasteiger partial charge in [0.15, 0.2) is 0 Å². The molecule has 2 heterocycles. The largest absolute Gasteiger partial charge is 0.359 e. The summed E-state index contributed by atoms with van der Waals surface area (Å²) < 4.78 is 2.85. The number of aryl methyl sites for hydroxylation is 1. The van der Waals surface area contributed by atoms with Gasteiger partial charge in [0.25, 0.3) is 5.56 Å². The second-order valence-corrected chi connectivity index (χ2v) is 7.54. The SMILES string of the molecule is CNC(=O)CCCn1cc(NC(=O)Cn2nc(-c3ccccc3)c3ccccc3c2=O)cn1. The molecule has 33 heavy (non-hydrogen) atoms. The van der Waals surface area contributed by atoms with Gasteiger partial charge in [-0.05, 0) is 12.5 Å². The summed E-state index contributed by atoms with van der Waals surface area (Å²) in [4.78, 5) is 37.0. The normalized spacial score (nSPS) is 10.8. The molecule has 4 rings (SSSR count). The van der Waals surface area contributed by atoms with Crippen LogP contribution in [0.5, 0.6) is 0 Å². The van der Waals surface area contributed by atoms with Crippen LogP contribution in [0.4, 0.5) is 5.69 Å². The van der Waals surface area contributed by atoms with Gasteiger partial charge in [-0.1, -0.05) is 48.5 Å². The van der Waals surface area contributed by atoms with E-state index in [0.717, 1.165) is 10.9 Å². The molecule has 2 aromatic heterocycles. The molecule has 2 aromatic carbocycles. The van der Waals surface area contributed by atoms with Gasteiger partial charge in [0.1, 0.15) is 6.54 Å². The highest BCUT2D eigenvalue weighted by Crippen LogP contribution is 2.24. The second kappa shape index (κ2) is 9.90. The van der Waals surface area contributed by atoms with Crippen LogP contribution in [-0.4, -0.2) is 38.4 Å². The van der Waals surface area contributed by atoms with Gasteiger partial charge in [-0.15, -0.1) is 0 Å². The predicted molar refractivity (Wildman–Crippen MR) is 126 cm³/mol. The summed E-state index contributed by atoms with van der Waals surface area (Å²) in [5.41, 5.74) is 1.69. The van der Waals surface area contributed by atoms with E-state index in [1.807, 2.05) is 42.5 Å². The lowest BCUT2D eigenvalue weighted by molar-refractivity contribution is -0.120. The molecule has 2 amide bonds. The van der Waals surface area contributed by atoms with Crippen LogP contribution in [0.25, 0.3) is 22.0 Å². The summed E-state index contributed by atoms with van der Waals surface area (Å²) in [5.74, 6) is -0.414. The van der Waals surface area contributed by atoms with E-state index in [0.29, 0.717) is 36.2 Å². The molecule has 0 unspecified atom stereocenters. The Hall–Kier alpha value is -4.27. The first-order valence-electron chi connectivity index (χ1n) is 10.6. The van der Waals surface area contributed by atoms with Crippen molar-refractivity contribution in [2.24, 2.45) is 0 Å². The van der Waals surface area contributed by atoms with Crippen molar-refractivity contribution >= 4 is 28.3 Å². The summed E-state index contributed by atoms with van der Waals surface area (Å²) in [5, 5.41) is 15.3. The van der Waals surface area contributed by atoms with Gasteiger partial charge < -0.3 is 10.6 Å². The number of nitrogens with zero attached hydrogens (tertiary/aromatic N) is 4.